The van der Waals surface area contributed by atoms with E-state index in [1.165, 1.54) is 11.1 Å². The largest absolute Gasteiger partial charge is 0.481 e. The fourth-order valence-corrected chi connectivity index (χ4v) is 2.64. The lowest BCUT2D eigenvalue weighted by Gasteiger charge is -2.00. The Kier molecular flexibility index (Phi) is 11.0. The second kappa shape index (κ2) is 13.3. The van der Waals surface area contributed by atoms with Gasteiger partial charge in [-0.05, 0) is 45.1 Å². The molecule has 0 aromatic heterocycles. The van der Waals surface area contributed by atoms with Crippen molar-refractivity contribution in [2.45, 2.75) is 58.8 Å². The maximum Gasteiger partial charge on any atom is 0.303 e. The number of aryl methyl sites for hydroxylation is 3. The van der Waals surface area contributed by atoms with E-state index >= 15 is 0 Å². The van der Waals surface area contributed by atoms with Crippen molar-refractivity contribution in [3.63, 3.8) is 0 Å². The molecule has 0 amide bonds. The summed E-state index contributed by atoms with van der Waals surface area (Å²) in [5, 5.41) is 16.9. The third kappa shape index (κ3) is 11.5. The van der Waals surface area contributed by atoms with Gasteiger partial charge in [-0.15, -0.1) is 0 Å². The van der Waals surface area contributed by atoms with Crippen molar-refractivity contribution >= 4 is 17.7 Å². The first kappa shape index (κ1) is 24.1. The zero-order valence-electron chi connectivity index (χ0n) is 17.2. The SMILES string of the molecule is Cc1ccc(C(=O)CCCC(=O)O)cc1.Cc1ccc(CCCCC(=O)O)cc1. The van der Waals surface area contributed by atoms with Crippen molar-refractivity contribution < 1.29 is 24.6 Å². The Balaban J connectivity index is 0.000000291. The van der Waals surface area contributed by atoms with Gasteiger partial charge in [-0.1, -0.05) is 59.7 Å². The molecule has 0 unspecified atom stereocenters. The van der Waals surface area contributed by atoms with Gasteiger partial charge in [0.05, 0.1) is 0 Å². The summed E-state index contributed by atoms with van der Waals surface area (Å²) in [5.74, 6) is -1.54. The van der Waals surface area contributed by atoms with Crippen LogP contribution in [0.1, 0.15) is 65.6 Å². The first-order chi connectivity index (χ1) is 13.8. The summed E-state index contributed by atoms with van der Waals surface area (Å²) in [5.41, 5.74) is 4.32. The van der Waals surface area contributed by atoms with E-state index in [9.17, 15) is 14.4 Å². The van der Waals surface area contributed by atoms with Gasteiger partial charge >= 0.3 is 11.9 Å². The molecular weight excluding hydrogens is 368 g/mol. The van der Waals surface area contributed by atoms with E-state index in [1.54, 1.807) is 12.1 Å². The van der Waals surface area contributed by atoms with Crippen molar-refractivity contribution in [1.82, 2.24) is 0 Å². The Morgan fingerprint density at radius 3 is 1.66 bits per heavy atom. The van der Waals surface area contributed by atoms with Crippen molar-refractivity contribution in [2.75, 3.05) is 0 Å². The molecule has 0 fully saturated rings. The van der Waals surface area contributed by atoms with Crippen LogP contribution >= 0.6 is 0 Å². The van der Waals surface area contributed by atoms with Gasteiger partial charge in [0.25, 0.3) is 0 Å². The molecule has 2 aromatic rings. The van der Waals surface area contributed by atoms with E-state index in [-0.39, 0.29) is 18.6 Å². The molecule has 0 bridgehead atoms. The molecule has 2 aromatic carbocycles. The zero-order chi connectivity index (χ0) is 21.6. The molecule has 0 spiro atoms. The molecule has 5 heteroatoms. The smallest absolute Gasteiger partial charge is 0.303 e. The maximum atomic E-state index is 11.5. The Morgan fingerprint density at radius 1 is 0.655 bits per heavy atom. The second-order valence-corrected chi connectivity index (χ2v) is 7.12. The normalized spacial score (nSPS) is 10.0. The van der Waals surface area contributed by atoms with Crippen LogP contribution < -0.4 is 0 Å². The number of aliphatic carboxylic acids is 2. The van der Waals surface area contributed by atoms with E-state index in [1.807, 2.05) is 19.1 Å². The highest BCUT2D eigenvalue weighted by molar-refractivity contribution is 5.96. The standard InChI is InChI=1S/C12H14O3.C12H16O2/c1-9-5-7-10(8-6-9)11(13)3-2-4-12(14)15;1-10-6-8-11(9-7-10)4-2-3-5-12(13)14/h5-8H,2-4H2,1H3,(H,14,15);6-9H,2-5H2,1H3,(H,13,14). The van der Waals surface area contributed by atoms with Crippen LogP contribution in [-0.2, 0) is 16.0 Å². The Labute approximate surface area is 172 Å². The predicted octanol–water partition coefficient (Wildman–Crippen LogP) is 5.23. The van der Waals surface area contributed by atoms with Crippen molar-refractivity contribution in [3.05, 3.63) is 70.8 Å². The minimum Gasteiger partial charge on any atom is -0.481 e. The van der Waals surface area contributed by atoms with Gasteiger partial charge in [-0.25, -0.2) is 0 Å². The topological polar surface area (TPSA) is 91.7 Å². The fourth-order valence-electron chi connectivity index (χ4n) is 2.64. The third-order valence-corrected chi connectivity index (χ3v) is 4.39. The number of unbranched alkanes of at least 4 members (excludes halogenated alkanes) is 1. The Hall–Kier alpha value is -2.95. The van der Waals surface area contributed by atoms with Crippen LogP contribution in [0.15, 0.2) is 48.5 Å². The second-order valence-electron chi connectivity index (χ2n) is 7.12. The minimum atomic E-state index is -0.855. The molecular formula is C24H30O5. The molecule has 0 aliphatic heterocycles. The first-order valence-corrected chi connectivity index (χ1v) is 9.87. The Bertz CT molecular complexity index is 776. The molecule has 2 N–H and O–H groups in total. The fraction of sp³-hybridized carbons (Fsp3) is 0.375. The van der Waals surface area contributed by atoms with Gasteiger partial charge in [-0.2, -0.15) is 0 Å². The molecule has 0 heterocycles. The zero-order valence-corrected chi connectivity index (χ0v) is 17.2. The maximum absolute atomic E-state index is 11.5. The van der Waals surface area contributed by atoms with Gasteiger partial charge < -0.3 is 10.2 Å². The van der Waals surface area contributed by atoms with Crippen LogP contribution in [0.3, 0.4) is 0 Å². The van der Waals surface area contributed by atoms with Crippen molar-refractivity contribution in [3.8, 4) is 0 Å². The van der Waals surface area contributed by atoms with Gasteiger partial charge in [0.2, 0.25) is 0 Å². The molecule has 0 radical (unpaired) electrons. The van der Waals surface area contributed by atoms with Crippen LogP contribution in [0.2, 0.25) is 0 Å². The molecule has 29 heavy (non-hydrogen) atoms. The number of ketones is 1. The summed E-state index contributed by atoms with van der Waals surface area (Å²) in [6, 6.07) is 15.7. The number of benzene rings is 2. The highest BCUT2D eigenvalue weighted by Gasteiger charge is 2.06. The molecule has 0 saturated heterocycles. The number of carbonyl (C=O) groups is 3. The minimum absolute atomic E-state index is 0.0104. The summed E-state index contributed by atoms with van der Waals surface area (Å²) < 4.78 is 0. The predicted molar refractivity (Wildman–Crippen MR) is 113 cm³/mol. The van der Waals surface area contributed by atoms with Gasteiger partial charge in [0.1, 0.15) is 0 Å². The van der Waals surface area contributed by atoms with E-state index in [0.717, 1.165) is 24.8 Å². The monoisotopic (exact) mass is 398 g/mol. The van der Waals surface area contributed by atoms with Crippen LogP contribution in [0, 0.1) is 13.8 Å². The number of hydrogen-bond acceptors (Lipinski definition) is 3. The van der Waals surface area contributed by atoms with Crippen LogP contribution in [0.5, 0.6) is 0 Å². The molecule has 5 nitrogen and oxygen atoms in total. The van der Waals surface area contributed by atoms with Gasteiger partial charge in [-0.3, -0.25) is 14.4 Å². The average Bonchev–Trinajstić information content (AvgIpc) is 2.67. The summed E-state index contributed by atoms with van der Waals surface area (Å²) >= 11 is 0. The Morgan fingerprint density at radius 2 is 1.14 bits per heavy atom. The lowest BCUT2D eigenvalue weighted by Crippen LogP contribution is -2.01. The van der Waals surface area contributed by atoms with Crippen LogP contribution in [0.4, 0.5) is 0 Å². The summed E-state index contributed by atoms with van der Waals surface area (Å²) in [4.78, 5) is 32.1. The summed E-state index contributed by atoms with van der Waals surface area (Å²) in [6.45, 7) is 4.02. The summed E-state index contributed by atoms with van der Waals surface area (Å²) in [6.07, 6.45) is 3.74. The first-order valence-electron chi connectivity index (χ1n) is 9.87. The number of carboxylic acids is 2. The summed E-state index contributed by atoms with van der Waals surface area (Å²) in [7, 11) is 0. The number of hydrogen-bond donors (Lipinski definition) is 2. The number of rotatable bonds is 10. The quantitative estimate of drug-likeness (QED) is 0.423. The number of Topliss-reactive ketones (excluding diaryl/α,β-unsaturated/α-hetero) is 1. The van der Waals surface area contributed by atoms with Gasteiger partial charge in [0, 0.05) is 24.8 Å². The van der Waals surface area contributed by atoms with Crippen LogP contribution in [-0.4, -0.2) is 27.9 Å². The molecule has 0 saturated carbocycles. The van der Waals surface area contributed by atoms with Gasteiger partial charge in [0.15, 0.2) is 5.78 Å². The van der Waals surface area contributed by atoms with Crippen molar-refractivity contribution in [1.29, 1.82) is 0 Å². The van der Waals surface area contributed by atoms with E-state index in [2.05, 4.69) is 31.2 Å². The van der Waals surface area contributed by atoms with E-state index in [4.69, 9.17) is 10.2 Å². The highest BCUT2D eigenvalue weighted by atomic mass is 16.4. The van der Waals surface area contributed by atoms with E-state index in [0.29, 0.717) is 18.4 Å². The van der Waals surface area contributed by atoms with Crippen LogP contribution in [0.25, 0.3) is 0 Å². The molecule has 0 aliphatic carbocycles. The molecule has 0 aliphatic rings. The molecule has 2 rings (SSSR count). The molecule has 0 atom stereocenters. The van der Waals surface area contributed by atoms with Crippen molar-refractivity contribution in [2.24, 2.45) is 0 Å². The number of carbonyl (C=O) groups excluding carboxylic acids is 1. The highest BCUT2D eigenvalue weighted by Crippen LogP contribution is 2.09. The lowest BCUT2D eigenvalue weighted by molar-refractivity contribution is -0.138. The number of carboxylic acid groups (broad SMARTS) is 2. The molecule has 156 valence electrons. The lowest BCUT2D eigenvalue weighted by atomic mass is 10.0. The average molecular weight is 398 g/mol. The third-order valence-electron chi connectivity index (χ3n) is 4.39. The van der Waals surface area contributed by atoms with E-state index < -0.39 is 11.9 Å².